The summed E-state index contributed by atoms with van der Waals surface area (Å²) in [6, 6.07) is 21.1. The number of phenols is 1. The van der Waals surface area contributed by atoms with Gasteiger partial charge in [-0.2, -0.15) is 0 Å². The van der Waals surface area contributed by atoms with Crippen molar-refractivity contribution in [2.75, 3.05) is 32.1 Å². The number of pyridine rings is 1. The number of sulfone groups is 1. The molecule has 0 fully saturated rings. The highest BCUT2D eigenvalue weighted by Gasteiger charge is 2.37. The van der Waals surface area contributed by atoms with Crippen molar-refractivity contribution in [1.82, 2.24) is 15.6 Å². The summed E-state index contributed by atoms with van der Waals surface area (Å²) < 4.78 is 39.8. The molecule has 1 atom stereocenters. The lowest BCUT2D eigenvalue weighted by Crippen LogP contribution is -2.40. The van der Waals surface area contributed by atoms with Gasteiger partial charge in [0.25, 0.3) is 11.8 Å². The molecule has 0 unspecified atom stereocenters. The molecule has 61 heavy (non-hydrogen) atoms. The van der Waals surface area contributed by atoms with Gasteiger partial charge < -0.3 is 41.1 Å². The Morgan fingerprint density at radius 3 is 2.34 bits per heavy atom. The maximum absolute atomic E-state index is 14.1. The van der Waals surface area contributed by atoms with Crippen LogP contribution in [0.5, 0.6) is 11.5 Å². The van der Waals surface area contributed by atoms with Gasteiger partial charge in [-0.1, -0.05) is 51.8 Å². The SMILES string of the molecule is COc1cccc(Nc2c(C(N)=O)cnc3c(C)cc(S(=O)(=O)c4cccc(C(=O)NCCCCCCNC[C@H](O)c5ccc(O)c(CO[Si](C)(C)C(C)(C)C)c5)c4)cc23)c1. The number of ether oxygens (including phenoxy) is 1. The highest BCUT2D eigenvalue weighted by molar-refractivity contribution is 7.91. The lowest BCUT2D eigenvalue weighted by molar-refractivity contribution is 0.0951. The molecule has 0 bridgehead atoms. The molecule has 0 saturated carbocycles. The minimum absolute atomic E-state index is 0.0340. The largest absolute Gasteiger partial charge is 0.508 e. The molecule has 5 aromatic rings. The van der Waals surface area contributed by atoms with Gasteiger partial charge in [0.1, 0.15) is 11.5 Å². The van der Waals surface area contributed by atoms with Crippen molar-refractivity contribution in [2.45, 2.75) is 94.0 Å². The van der Waals surface area contributed by atoms with Crippen molar-refractivity contribution in [3.05, 3.63) is 113 Å². The average Bonchev–Trinajstić information content (AvgIpc) is 3.22. The second-order valence-electron chi connectivity index (χ2n) is 16.8. The van der Waals surface area contributed by atoms with Gasteiger partial charge in [0.2, 0.25) is 9.84 Å². The number of aliphatic hydroxyl groups is 1. The van der Waals surface area contributed by atoms with Gasteiger partial charge in [0.05, 0.1) is 46.4 Å². The van der Waals surface area contributed by atoms with Crippen LogP contribution in [-0.2, 0) is 20.9 Å². The molecule has 13 nitrogen and oxygen atoms in total. The normalized spacial score (nSPS) is 12.6. The van der Waals surface area contributed by atoms with Gasteiger partial charge >= 0.3 is 0 Å². The number of hydrogen-bond donors (Lipinski definition) is 6. The van der Waals surface area contributed by atoms with Crippen LogP contribution in [0.3, 0.4) is 0 Å². The number of fused-ring (bicyclic) bond motifs is 1. The number of unbranched alkanes of at least 4 members (excludes halogenated alkanes) is 3. The summed E-state index contributed by atoms with van der Waals surface area (Å²) in [4.78, 5) is 30.0. The van der Waals surface area contributed by atoms with Crippen LogP contribution < -0.4 is 26.4 Å². The number of nitrogens with zero attached hydrogens (tertiary/aromatic N) is 1. The standard InChI is InChI=1S/C46H59N5O8SSi/c1-30-22-37(26-38-42(30)50-27-39(44(47)54)43(38)51-34-15-13-16-35(25-34)58-5)60(56,57)36-17-12-14-32(24-36)45(55)49-21-11-9-8-10-20-48-28-41(53)31-18-19-40(52)33(23-31)29-59-61(6,7)46(2,3)4/h12-19,22-27,41,48,52-53H,8-11,20-21,28-29H2,1-7H3,(H2,47,54)(H,49,55)(H,50,51)/t41-/m0/s1. The number of aryl methyl sites for hydroxylation is 1. The molecule has 5 rings (SSSR count). The molecule has 7 N–H and O–H groups in total. The van der Waals surface area contributed by atoms with E-state index < -0.39 is 30.2 Å². The van der Waals surface area contributed by atoms with E-state index >= 15 is 0 Å². The molecule has 15 heteroatoms. The van der Waals surface area contributed by atoms with Crippen molar-refractivity contribution >= 4 is 52.2 Å². The fourth-order valence-corrected chi connectivity index (χ4v) is 8.87. The average molecular weight is 870 g/mol. The molecule has 0 aliphatic heterocycles. The van der Waals surface area contributed by atoms with E-state index in [1.54, 1.807) is 49.4 Å². The smallest absolute Gasteiger partial charge is 0.252 e. The third kappa shape index (κ3) is 11.7. The molecule has 0 radical (unpaired) electrons. The number of rotatable bonds is 20. The summed E-state index contributed by atoms with van der Waals surface area (Å²) in [6.45, 7) is 14.4. The third-order valence-corrected chi connectivity index (χ3v) is 17.5. The topological polar surface area (TPSA) is 202 Å². The number of carbonyl (C=O) groups excluding carboxylic acids is 2. The monoisotopic (exact) mass is 869 g/mol. The summed E-state index contributed by atoms with van der Waals surface area (Å²) in [5.41, 5.74) is 9.34. The van der Waals surface area contributed by atoms with E-state index in [1.165, 1.54) is 43.6 Å². The Balaban J connectivity index is 1.12. The number of aromatic nitrogens is 1. The first kappa shape index (κ1) is 46.7. The fourth-order valence-electron chi connectivity index (χ4n) is 6.50. The van der Waals surface area contributed by atoms with Crippen LogP contribution in [0.4, 0.5) is 11.4 Å². The zero-order chi connectivity index (χ0) is 44.5. The molecule has 326 valence electrons. The third-order valence-electron chi connectivity index (χ3n) is 11.2. The predicted octanol–water partition coefficient (Wildman–Crippen LogP) is 8.07. The van der Waals surface area contributed by atoms with Crippen LogP contribution in [-0.4, -0.2) is 70.5 Å². The number of phenolic OH excluding ortho intramolecular Hbond substituents is 1. The maximum Gasteiger partial charge on any atom is 0.252 e. The van der Waals surface area contributed by atoms with Crippen molar-refractivity contribution in [2.24, 2.45) is 5.73 Å². The van der Waals surface area contributed by atoms with Crippen molar-refractivity contribution < 1.29 is 37.4 Å². The first-order valence-electron chi connectivity index (χ1n) is 20.4. The molecule has 4 aromatic carbocycles. The van der Waals surface area contributed by atoms with E-state index in [-0.39, 0.29) is 37.6 Å². The number of hydrogen-bond acceptors (Lipinski definition) is 11. The van der Waals surface area contributed by atoms with Gasteiger partial charge in [-0.25, -0.2) is 8.42 Å². The number of aliphatic hydroxyl groups excluding tert-OH is 1. The molecule has 0 aliphatic carbocycles. The van der Waals surface area contributed by atoms with Crippen molar-refractivity contribution in [3.8, 4) is 11.5 Å². The van der Waals surface area contributed by atoms with E-state index in [9.17, 15) is 28.2 Å². The van der Waals surface area contributed by atoms with E-state index in [0.717, 1.165) is 25.7 Å². The fraction of sp³-hybridized carbons (Fsp3) is 0.370. The minimum atomic E-state index is -4.13. The summed E-state index contributed by atoms with van der Waals surface area (Å²) in [5, 5.41) is 31.0. The van der Waals surface area contributed by atoms with E-state index in [4.69, 9.17) is 14.9 Å². The lowest BCUT2D eigenvalue weighted by Gasteiger charge is -2.36. The second kappa shape index (κ2) is 20.0. The number of anilines is 2. The van der Waals surface area contributed by atoms with E-state index in [2.05, 4.69) is 54.8 Å². The Bertz CT molecular complexity index is 2470. The molecular formula is C46H59N5O8SSi. The highest BCUT2D eigenvalue weighted by Crippen LogP contribution is 2.38. The Kier molecular flexibility index (Phi) is 15.3. The number of primary amides is 1. The number of amides is 2. The maximum atomic E-state index is 14.1. The van der Waals surface area contributed by atoms with Crippen LogP contribution in [0.2, 0.25) is 18.1 Å². The Labute approximate surface area is 360 Å². The molecule has 2 amide bonds. The molecule has 0 aliphatic rings. The quantitative estimate of drug-likeness (QED) is 0.0326. The van der Waals surface area contributed by atoms with Crippen molar-refractivity contribution in [1.29, 1.82) is 0 Å². The van der Waals surface area contributed by atoms with Crippen LogP contribution in [0.1, 0.15) is 90.0 Å². The number of carbonyl (C=O) groups is 2. The molecule has 1 aromatic heterocycles. The van der Waals surface area contributed by atoms with Crippen LogP contribution >= 0.6 is 0 Å². The molecular weight excluding hydrogens is 811 g/mol. The Morgan fingerprint density at radius 2 is 1.64 bits per heavy atom. The second-order valence-corrected chi connectivity index (χ2v) is 23.5. The summed E-state index contributed by atoms with van der Waals surface area (Å²) in [6.07, 6.45) is 4.04. The number of nitrogens with one attached hydrogen (secondary N) is 3. The minimum Gasteiger partial charge on any atom is -0.508 e. The van der Waals surface area contributed by atoms with Gasteiger partial charge in [0, 0.05) is 47.6 Å². The van der Waals surface area contributed by atoms with Crippen LogP contribution in [0.25, 0.3) is 10.9 Å². The molecule has 0 spiro atoms. The van der Waals surface area contributed by atoms with Gasteiger partial charge in [0.15, 0.2) is 8.32 Å². The highest BCUT2D eigenvalue weighted by atomic mass is 32.2. The van der Waals surface area contributed by atoms with Crippen molar-refractivity contribution in [3.63, 3.8) is 0 Å². The molecule has 1 heterocycles. The number of aromatic hydroxyl groups is 1. The van der Waals surface area contributed by atoms with Crippen LogP contribution in [0.15, 0.2) is 94.9 Å². The number of nitrogens with two attached hydrogens (primary N) is 1. The molecule has 0 saturated heterocycles. The number of benzene rings is 4. The zero-order valence-electron chi connectivity index (χ0n) is 36.1. The Morgan fingerprint density at radius 1 is 0.918 bits per heavy atom. The van der Waals surface area contributed by atoms with E-state index in [1.807, 2.05) is 6.07 Å². The lowest BCUT2D eigenvalue weighted by atomic mass is 10.1. The summed E-state index contributed by atoms with van der Waals surface area (Å²) in [5.74, 6) is -0.386. The number of methoxy groups -OCH3 is 1. The summed E-state index contributed by atoms with van der Waals surface area (Å²) >= 11 is 0. The van der Waals surface area contributed by atoms with Crippen LogP contribution in [0, 0.1) is 6.92 Å². The predicted molar refractivity (Wildman–Crippen MR) is 242 cm³/mol. The van der Waals surface area contributed by atoms with Gasteiger partial charge in [-0.15, -0.1) is 0 Å². The summed E-state index contributed by atoms with van der Waals surface area (Å²) in [7, 11) is -4.59. The first-order chi connectivity index (χ1) is 28.8. The zero-order valence-corrected chi connectivity index (χ0v) is 37.9. The Hall–Kier alpha value is -5.32. The van der Waals surface area contributed by atoms with Gasteiger partial charge in [-0.05, 0) is 110 Å². The van der Waals surface area contributed by atoms with E-state index in [0.29, 0.717) is 71.0 Å². The first-order valence-corrected chi connectivity index (χ1v) is 24.8. The van der Waals surface area contributed by atoms with Gasteiger partial charge in [-0.3, -0.25) is 14.6 Å².